The molecule has 0 aliphatic carbocycles. The van der Waals surface area contributed by atoms with Crippen LogP contribution in [0, 0.1) is 0 Å². The Hall–Kier alpha value is -0.280. The number of ether oxygens (including phenoxy) is 2. The number of rotatable bonds is 5. The second kappa shape index (κ2) is 7.49. The number of aliphatic hydroxyl groups excluding tert-OH is 1. The Morgan fingerprint density at radius 3 is 3.00 bits per heavy atom. The van der Waals surface area contributed by atoms with Crippen molar-refractivity contribution in [3.05, 3.63) is 18.1 Å². The summed E-state index contributed by atoms with van der Waals surface area (Å²) in [5.41, 5.74) is 0.688. The Balaban J connectivity index is 2.07. The number of halogens is 2. The summed E-state index contributed by atoms with van der Waals surface area (Å²) in [7, 11) is 0. The van der Waals surface area contributed by atoms with Crippen molar-refractivity contribution in [3.63, 3.8) is 0 Å². The predicted octanol–water partition coefficient (Wildman–Crippen LogP) is 0.993. The van der Waals surface area contributed by atoms with Crippen LogP contribution in [0.15, 0.2) is 12.4 Å². The Morgan fingerprint density at radius 1 is 1.47 bits per heavy atom. The summed E-state index contributed by atoms with van der Waals surface area (Å²) in [5.74, 6) is 0.421. The number of hydrogen-bond acceptors (Lipinski definition) is 6. The quantitative estimate of drug-likeness (QED) is 0.571. The standard InChI is InChI=1S/C11H15Br2N3O3/c12-3-7(17)4-19-11-10(14-1-2-15-11)8-5-18-6-9(13)16-8/h1-2,7-9,16-17H,3-6H2. The van der Waals surface area contributed by atoms with E-state index in [2.05, 4.69) is 47.1 Å². The molecule has 1 aromatic rings. The highest BCUT2D eigenvalue weighted by Crippen LogP contribution is 2.24. The molecule has 2 heterocycles. The Kier molecular flexibility index (Phi) is 5.96. The molecule has 106 valence electrons. The van der Waals surface area contributed by atoms with E-state index in [1.165, 1.54) is 0 Å². The van der Waals surface area contributed by atoms with Gasteiger partial charge < -0.3 is 14.6 Å². The molecule has 1 aromatic heterocycles. The van der Waals surface area contributed by atoms with Crippen molar-refractivity contribution < 1.29 is 14.6 Å². The molecule has 6 nitrogen and oxygen atoms in total. The molecule has 0 saturated carbocycles. The summed E-state index contributed by atoms with van der Waals surface area (Å²) >= 11 is 6.64. The van der Waals surface area contributed by atoms with Gasteiger partial charge in [-0.05, 0) is 0 Å². The molecule has 2 rings (SSSR count). The number of aliphatic hydroxyl groups is 1. The van der Waals surface area contributed by atoms with E-state index in [1.807, 2.05) is 0 Å². The fourth-order valence-corrected chi connectivity index (χ4v) is 2.36. The molecule has 0 aromatic carbocycles. The number of hydrogen-bond donors (Lipinski definition) is 2. The van der Waals surface area contributed by atoms with Crippen molar-refractivity contribution in [1.82, 2.24) is 15.3 Å². The zero-order chi connectivity index (χ0) is 13.7. The monoisotopic (exact) mass is 395 g/mol. The van der Waals surface area contributed by atoms with E-state index in [9.17, 15) is 5.11 Å². The van der Waals surface area contributed by atoms with Gasteiger partial charge in [0.1, 0.15) is 12.3 Å². The molecule has 1 saturated heterocycles. The lowest BCUT2D eigenvalue weighted by Crippen LogP contribution is -2.40. The highest BCUT2D eigenvalue weighted by Gasteiger charge is 2.25. The lowest BCUT2D eigenvalue weighted by molar-refractivity contribution is 0.0658. The van der Waals surface area contributed by atoms with Crippen molar-refractivity contribution >= 4 is 31.9 Å². The molecule has 8 heteroatoms. The summed E-state index contributed by atoms with van der Waals surface area (Å²) in [6, 6.07) is -0.0806. The van der Waals surface area contributed by atoms with E-state index in [0.29, 0.717) is 30.1 Å². The van der Waals surface area contributed by atoms with Crippen LogP contribution in [-0.4, -0.2) is 51.3 Å². The summed E-state index contributed by atoms with van der Waals surface area (Å²) < 4.78 is 11.0. The fraction of sp³-hybridized carbons (Fsp3) is 0.636. The van der Waals surface area contributed by atoms with Crippen molar-refractivity contribution in [2.75, 3.05) is 25.2 Å². The average molecular weight is 397 g/mol. The van der Waals surface area contributed by atoms with E-state index < -0.39 is 6.10 Å². The van der Waals surface area contributed by atoms with Gasteiger partial charge in [0.15, 0.2) is 0 Å². The third-order valence-corrected chi connectivity index (χ3v) is 3.82. The van der Waals surface area contributed by atoms with Crippen molar-refractivity contribution in [3.8, 4) is 5.88 Å². The fourth-order valence-electron chi connectivity index (χ4n) is 1.67. The molecule has 1 fully saturated rings. The topological polar surface area (TPSA) is 76.5 Å². The predicted molar refractivity (Wildman–Crippen MR) is 76.7 cm³/mol. The summed E-state index contributed by atoms with van der Waals surface area (Å²) in [4.78, 5) is 8.54. The van der Waals surface area contributed by atoms with Gasteiger partial charge in [-0.1, -0.05) is 31.9 Å². The van der Waals surface area contributed by atoms with Crippen molar-refractivity contribution in [2.24, 2.45) is 0 Å². The van der Waals surface area contributed by atoms with Crippen LogP contribution in [0.1, 0.15) is 11.7 Å². The van der Waals surface area contributed by atoms with Gasteiger partial charge in [-0.3, -0.25) is 10.3 Å². The lowest BCUT2D eigenvalue weighted by atomic mass is 10.2. The molecule has 3 atom stereocenters. The molecule has 19 heavy (non-hydrogen) atoms. The van der Waals surface area contributed by atoms with Gasteiger partial charge in [0.2, 0.25) is 5.88 Å². The number of morpholine rings is 1. The van der Waals surface area contributed by atoms with Crippen LogP contribution >= 0.6 is 31.9 Å². The molecule has 3 unspecified atom stereocenters. The first-order valence-electron chi connectivity index (χ1n) is 5.86. The summed E-state index contributed by atoms with van der Waals surface area (Å²) in [6.07, 6.45) is 2.60. The largest absolute Gasteiger partial charge is 0.474 e. The van der Waals surface area contributed by atoms with E-state index in [0.717, 1.165) is 0 Å². The lowest BCUT2D eigenvalue weighted by Gasteiger charge is -2.28. The van der Waals surface area contributed by atoms with Crippen LogP contribution in [0.4, 0.5) is 0 Å². The van der Waals surface area contributed by atoms with Gasteiger partial charge in [0.05, 0.1) is 30.3 Å². The molecule has 0 bridgehead atoms. The maximum Gasteiger partial charge on any atom is 0.237 e. The van der Waals surface area contributed by atoms with Gasteiger partial charge in [0.25, 0.3) is 0 Å². The van der Waals surface area contributed by atoms with Crippen LogP contribution in [0.25, 0.3) is 0 Å². The van der Waals surface area contributed by atoms with Gasteiger partial charge >= 0.3 is 0 Å². The third kappa shape index (κ3) is 4.35. The minimum atomic E-state index is -0.575. The smallest absolute Gasteiger partial charge is 0.237 e. The van der Waals surface area contributed by atoms with Gasteiger partial charge in [0, 0.05) is 17.7 Å². The number of alkyl halides is 2. The maximum absolute atomic E-state index is 9.49. The molecule has 1 aliphatic heterocycles. The van der Waals surface area contributed by atoms with Gasteiger partial charge in [-0.2, -0.15) is 0 Å². The number of nitrogens with one attached hydrogen (secondary N) is 1. The zero-order valence-corrected chi connectivity index (χ0v) is 13.3. The Morgan fingerprint density at radius 2 is 2.26 bits per heavy atom. The van der Waals surface area contributed by atoms with Gasteiger partial charge in [-0.15, -0.1) is 0 Å². The summed E-state index contributed by atoms with van der Waals surface area (Å²) in [5, 5.41) is 13.3. The first-order chi connectivity index (χ1) is 9.20. The van der Waals surface area contributed by atoms with Gasteiger partial charge in [-0.25, -0.2) is 4.98 Å². The number of aromatic nitrogens is 2. The van der Waals surface area contributed by atoms with Crippen molar-refractivity contribution in [2.45, 2.75) is 17.1 Å². The Bertz CT molecular complexity index is 411. The van der Waals surface area contributed by atoms with Crippen molar-refractivity contribution in [1.29, 1.82) is 0 Å². The molecule has 0 amide bonds. The van der Waals surface area contributed by atoms with E-state index in [4.69, 9.17) is 9.47 Å². The molecule has 0 radical (unpaired) electrons. The van der Waals surface area contributed by atoms with E-state index >= 15 is 0 Å². The SMILES string of the molecule is OC(CBr)COc1nccnc1C1COCC(Br)N1. The first kappa shape index (κ1) is 15.1. The maximum atomic E-state index is 9.49. The molecule has 0 spiro atoms. The zero-order valence-electron chi connectivity index (χ0n) is 10.1. The van der Waals surface area contributed by atoms with Crippen LogP contribution in [0.2, 0.25) is 0 Å². The highest BCUT2D eigenvalue weighted by molar-refractivity contribution is 9.09. The number of nitrogens with zero attached hydrogens (tertiary/aromatic N) is 2. The normalized spacial score (nSPS) is 25.0. The summed E-state index contributed by atoms with van der Waals surface area (Å²) in [6.45, 7) is 1.29. The van der Waals surface area contributed by atoms with E-state index in [-0.39, 0.29) is 17.6 Å². The molecular formula is C11H15Br2N3O3. The first-order valence-corrected chi connectivity index (χ1v) is 7.90. The second-order valence-corrected chi connectivity index (χ2v) is 5.84. The van der Waals surface area contributed by atoms with Crippen LogP contribution in [0.3, 0.4) is 0 Å². The van der Waals surface area contributed by atoms with Crippen LogP contribution < -0.4 is 10.1 Å². The van der Waals surface area contributed by atoms with E-state index in [1.54, 1.807) is 12.4 Å². The minimum Gasteiger partial charge on any atom is -0.474 e. The molecule has 1 aliphatic rings. The Labute approximate surface area is 128 Å². The van der Waals surface area contributed by atoms with Crippen LogP contribution in [-0.2, 0) is 4.74 Å². The second-order valence-electron chi connectivity index (χ2n) is 4.09. The highest BCUT2D eigenvalue weighted by atomic mass is 79.9. The molecular weight excluding hydrogens is 382 g/mol. The average Bonchev–Trinajstić information content (AvgIpc) is 2.45. The third-order valence-electron chi connectivity index (χ3n) is 2.54. The van der Waals surface area contributed by atoms with Crippen LogP contribution in [0.5, 0.6) is 5.88 Å². The minimum absolute atomic E-state index is 0.0780. The molecule has 2 N–H and O–H groups in total.